The van der Waals surface area contributed by atoms with Crippen LogP contribution in [0.1, 0.15) is 18.9 Å². The predicted octanol–water partition coefficient (Wildman–Crippen LogP) is 5.24. The zero-order chi connectivity index (χ0) is 27.2. The Labute approximate surface area is 221 Å². The molecule has 38 heavy (non-hydrogen) atoms. The zero-order valence-electron chi connectivity index (χ0n) is 21.3. The average molecular weight is 525 g/mol. The summed E-state index contributed by atoms with van der Waals surface area (Å²) in [5.41, 5.74) is 1.51. The third kappa shape index (κ3) is 9.74. The van der Waals surface area contributed by atoms with Crippen LogP contribution in [-0.4, -0.2) is 61.0 Å². The van der Waals surface area contributed by atoms with E-state index in [1.807, 2.05) is 30.3 Å². The maximum absolute atomic E-state index is 13.1. The molecule has 0 saturated carbocycles. The molecular weight excluding hydrogens is 491 g/mol. The number of nitrogens with zero attached hydrogens (tertiary/aromatic N) is 1. The van der Waals surface area contributed by atoms with Crippen molar-refractivity contribution in [2.24, 2.45) is 0 Å². The number of urea groups is 1. The Morgan fingerprint density at radius 2 is 1.53 bits per heavy atom. The molecule has 3 aromatic carbocycles. The summed E-state index contributed by atoms with van der Waals surface area (Å²) in [5, 5.41) is 12.2. The molecule has 9 heteroatoms. The normalized spacial score (nSPS) is 11.4. The summed E-state index contributed by atoms with van der Waals surface area (Å²) < 4.78 is 29.8. The third-order valence-electron chi connectivity index (χ3n) is 5.58. The third-order valence-corrected chi connectivity index (χ3v) is 5.58. The fourth-order valence-corrected chi connectivity index (χ4v) is 3.64. The lowest BCUT2D eigenvalue weighted by Gasteiger charge is -2.23. The molecule has 0 aliphatic carbocycles. The number of para-hydroxylation sites is 1. The standard InChI is InChI=1S/C29H33FN2O6/c1-2-36-27(28(33)34)21-22-9-13-25(14-10-22)38-20-18-32(29(35)31-24-7-4-3-5-8-24)17-6-19-37-26-15-11-23(30)12-16-26/h3-5,7-16,27H,2,6,17-21H2,1H3,(H,31,35)(H,33,34). The van der Waals surface area contributed by atoms with E-state index < -0.39 is 12.1 Å². The first-order valence-corrected chi connectivity index (χ1v) is 12.5. The van der Waals surface area contributed by atoms with Crippen LogP contribution >= 0.6 is 0 Å². The number of nitrogens with one attached hydrogen (secondary N) is 1. The summed E-state index contributed by atoms with van der Waals surface area (Å²) in [6, 6.07) is 21.9. The van der Waals surface area contributed by atoms with Gasteiger partial charge in [0.15, 0.2) is 6.10 Å². The molecule has 0 spiro atoms. The van der Waals surface area contributed by atoms with Crippen LogP contribution in [0.3, 0.4) is 0 Å². The number of carbonyl (C=O) groups excluding carboxylic acids is 1. The second kappa shape index (κ2) is 15.2. The summed E-state index contributed by atoms with van der Waals surface area (Å²) >= 11 is 0. The number of rotatable bonds is 15. The van der Waals surface area contributed by atoms with E-state index in [0.717, 1.165) is 5.56 Å². The predicted molar refractivity (Wildman–Crippen MR) is 142 cm³/mol. The van der Waals surface area contributed by atoms with E-state index in [1.165, 1.54) is 12.1 Å². The van der Waals surface area contributed by atoms with Gasteiger partial charge in [-0.3, -0.25) is 0 Å². The molecule has 3 rings (SSSR count). The largest absolute Gasteiger partial charge is 0.494 e. The molecule has 0 radical (unpaired) electrons. The Morgan fingerprint density at radius 1 is 0.895 bits per heavy atom. The molecule has 2 amide bonds. The average Bonchev–Trinajstić information content (AvgIpc) is 2.92. The number of carboxylic acid groups (broad SMARTS) is 1. The van der Waals surface area contributed by atoms with Crippen molar-refractivity contribution in [2.75, 3.05) is 38.2 Å². The first-order chi connectivity index (χ1) is 18.4. The van der Waals surface area contributed by atoms with Gasteiger partial charge in [-0.25, -0.2) is 14.0 Å². The van der Waals surface area contributed by atoms with Crippen molar-refractivity contribution in [1.29, 1.82) is 0 Å². The monoisotopic (exact) mass is 524 g/mol. The van der Waals surface area contributed by atoms with E-state index >= 15 is 0 Å². The fourth-order valence-electron chi connectivity index (χ4n) is 3.64. The number of benzene rings is 3. The van der Waals surface area contributed by atoms with Gasteiger partial charge in [0.25, 0.3) is 0 Å². The van der Waals surface area contributed by atoms with Crippen LogP contribution in [0.15, 0.2) is 78.9 Å². The molecular formula is C29H33FN2O6. The van der Waals surface area contributed by atoms with E-state index in [9.17, 15) is 19.1 Å². The van der Waals surface area contributed by atoms with Crippen molar-refractivity contribution >= 4 is 17.7 Å². The molecule has 0 aliphatic heterocycles. The summed E-state index contributed by atoms with van der Waals surface area (Å²) in [4.78, 5) is 25.9. The van der Waals surface area contributed by atoms with Gasteiger partial charge in [0.1, 0.15) is 23.9 Å². The lowest BCUT2D eigenvalue weighted by atomic mass is 10.1. The van der Waals surface area contributed by atoms with Crippen LogP contribution in [0, 0.1) is 5.82 Å². The Hall–Kier alpha value is -4.11. The molecule has 0 fully saturated rings. The molecule has 0 heterocycles. The smallest absolute Gasteiger partial charge is 0.333 e. The van der Waals surface area contributed by atoms with E-state index in [-0.39, 0.29) is 24.9 Å². The fraction of sp³-hybridized carbons (Fsp3) is 0.310. The van der Waals surface area contributed by atoms with Crippen LogP contribution in [0.4, 0.5) is 14.9 Å². The van der Waals surface area contributed by atoms with Crippen molar-refractivity contribution < 1.29 is 33.3 Å². The number of ether oxygens (including phenoxy) is 3. The summed E-state index contributed by atoms with van der Waals surface area (Å²) in [5.74, 6) is -0.149. The zero-order valence-corrected chi connectivity index (χ0v) is 21.3. The van der Waals surface area contributed by atoms with Crippen LogP contribution in [-0.2, 0) is 16.0 Å². The molecule has 1 unspecified atom stereocenters. The van der Waals surface area contributed by atoms with Crippen molar-refractivity contribution in [1.82, 2.24) is 4.90 Å². The minimum Gasteiger partial charge on any atom is -0.494 e. The minimum absolute atomic E-state index is 0.257. The Kier molecular flexibility index (Phi) is 11.4. The molecule has 3 aromatic rings. The van der Waals surface area contributed by atoms with Gasteiger partial charge in [0.05, 0.1) is 13.2 Å². The molecule has 0 aromatic heterocycles. The number of anilines is 1. The van der Waals surface area contributed by atoms with Crippen LogP contribution in [0.5, 0.6) is 11.5 Å². The number of carbonyl (C=O) groups is 2. The quantitative estimate of drug-likeness (QED) is 0.264. The van der Waals surface area contributed by atoms with Gasteiger partial charge in [-0.05, 0) is 67.4 Å². The number of halogens is 1. The molecule has 202 valence electrons. The van der Waals surface area contributed by atoms with Gasteiger partial charge in [-0.2, -0.15) is 0 Å². The van der Waals surface area contributed by atoms with Crippen molar-refractivity contribution in [3.8, 4) is 11.5 Å². The highest BCUT2D eigenvalue weighted by molar-refractivity contribution is 5.89. The molecule has 2 N–H and O–H groups in total. The number of aliphatic carboxylic acids is 1. The Balaban J connectivity index is 1.51. The van der Waals surface area contributed by atoms with Crippen LogP contribution in [0.2, 0.25) is 0 Å². The first kappa shape index (κ1) is 28.5. The molecule has 0 aliphatic rings. The number of hydrogen-bond donors (Lipinski definition) is 2. The summed E-state index contributed by atoms with van der Waals surface area (Å²) in [6.45, 7) is 3.47. The second-order valence-corrected chi connectivity index (χ2v) is 8.42. The van der Waals surface area contributed by atoms with E-state index in [1.54, 1.807) is 48.2 Å². The number of amides is 2. The highest BCUT2D eigenvalue weighted by Crippen LogP contribution is 2.15. The van der Waals surface area contributed by atoms with Crippen molar-refractivity contribution in [3.05, 3.63) is 90.2 Å². The highest BCUT2D eigenvalue weighted by atomic mass is 19.1. The summed E-state index contributed by atoms with van der Waals surface area (Å²) in [6.07, 6.45) is -0.0640. The number of hydrogen-bond acceptors (Lipinski definition) is 5. The molecule has 0 saturated heterocycles. The van der Waals surface area contributed by atoms with Gasteiger partial charge in [-0.1, -0.05) is 30.3 Å². The minimum atomic E-state index is -0.996. The maximum Gasteiger partial charge on any atom is 0.333 e. The maximum atomic E-state index is 13.1. The van der Waals surface area contributed by atoms with Crippen molar-refractivity contribution in [2.45, 2.75) is 25.9 Å². The Morgan fingerprint density at radius 3 is 2.16 bits per heavy atom. The van der Waals surface area contributed by atoms with E-state index in [2.05, 4.69) is 5.32 Å². The van der Waals surface area contributed by atoms with Gasteiger partial charge in [0.2, 0.25) is 0 Å². The van der Waals surface area contributed by atoms with Crippen LogP contribution in [0.25, 0.3) is 0 Å². The van der Waals surface area contributed by atoms with Gasteiger partial charge in [-0.15, -0.1) is 0 Å². The second-order valence-electron chi connectivity index (χ2n) is 8.42. The molecule has 8 nitrogen and oxygen atoms in total. The lowest BCUT2D eigenvalue weighted by Crippen LogP contribution is -2.39. The molecule has 0 bridgehead atoms. The van der Waals surface area contributed by atoms with E-state index in [0.29, 0.717) is 49.9 Å². The SMILES string of the molecule is CCOC(Cc1ccc(OCCN(CCCOc2ccc(F)cc2)C(=O)Nc2ccccc2)cc1)C(=O)O. The topological polar surface area (TPSA) is 97.3 Å². The van der Waals surface area contributed by atoms with Crippen LogP contribution < -0.4 is 14.8 Å². The molecule has 1 atom stereocenters. The van der Waals surface area contributed by atoms with Crippen molar-refractivity contribution in [3.63, 3.8) is 0 Å². The lowest BCUT2D eigenvalue weighted by molar-refractivity contribution is -0.149. The Bertz CT molecular complexity index is 1130. The van der Waals surface area contributed by atoms with Gasteiger partial charge < -0.3 is 29.5 Å². The van der Waals surface area contributed by atoms with Gasteiger partial charge in [0, 0.05) is 25.3 Å². The summed E-state index contributed by atoms with van der Waals surface area (Å²) in [7, 11) is 0. The highest BCUT2D eigenvalue weighted by Gasteiger charge is 2.18. The number of carboxylic acids is 1. The first-order valence-electron chi connectivity index (χ1n) is 12.5. The van der Waals surface area contributed by atoms with E-state index in [4.69, 9.17) is 14.2 Å². The van der Waals surface area contributed by atoms with Gasteiger partial charge >= 0.3 is 12.0 Å².